The Bertz CT molecular complexity index is 2600. The van der Waals surface area contributed by atoms with E-state index in [1.807, 2.05) is 24.3 Å². The van der Waals surface area contributed by atoms with Crippen LogP contribution in [0.5, 0.6) is 23.0 Å². The van der Waals surface area contributed by atoms with Gasteiger partial charge in [-0.15, -0.1) is 0 Å². The van der Waals surface area contributed by atoms with Gasteiger partial charge in [0.1, 0.15) is 23.0 Å². The molecule has 0 aliphatic rings. The monoisotopic (exact) mass is 758 g/mol. The van der Waals surface area contributed by atoms with Crippen LogP contribution >= 0.6 is 0 Å². The minimum atomic E-state index is -0.435. The van der Waals surface area contributed by atoms with E-state index in [1.54, 1.807) is 87.0 Å². The maximum Gasteiger partial charge on any atom is 0.343 e. The Kier molecular flexibility index (Phi) is 10.9. The minimum Gasteiger partial charge on any atom is -0.497 e. The molecule has 0 saturated carbocycles. The Labute approximate surface area is 336 Å². The number of rotatable bonds is 11. The lowest BCUT2D eigenvalue weighted by molar-refractivity contribution is 0.0725. The second-order valence-corrected chi connectivity index (χ2v) is 13.5. The maximum atomic E-state index is 12.7. The predicted octanol–water partition coefficient (Wildman–Crippen LogP) is 12.5. The average Bonchev–Trinajstić information content (AvgIpc) is 3.28. The fraction of sp³-hybridized carbons (Fsp3) is 0.0385. The molecule has 0 unspecified atom stereocenters. The number of esters is 2. The van der Waals surface area contributed by atoms with E-state index in [0.717, 1.165) is 54.9 Å². The summed E-state index contributed by atoms with van der Waals surface area (Å²) in [5.41, 5.74) is 7.16. The van der Waals surface area contributed by atoms with Crippen molar-refractivity contribution in [3.05, 3.63) is 203 Å². The van der Waals surface area contributed by atoms with Gasteiger partial charge >= 0.3 is 11.9 Å². The van der Waals surface area contributed by atoms with Gasteiger partial charge < -0.3 is 18.9 Å². The Morgan fingerprint density at radius 2 is 0.741 bits per heavy atom. The quantitative estimate of drug-likeness (QED) is 0.0743. The van der Waals surface area contributed by atoms with Crippen molar-refractivity contribution in [3.8, 4) is 34.1 Å². The fourth-order valence-corrected chi connectivity index (χ4v) is 6.86. The van der Waals surface area contributed by atoms with E-state index in [0.29, 0.717) is 34.1 Å². The second kappa shape index (κ2) is 17.0. The van der Waals surface area contributed by atoms with E-state index in [2.05, 4.69) is 97.1 Å². The molecule has 8 aromatic carbocycles. The van der Waals surface area contributed by atoms with Gasteiger partial charge in [-0.2, -0.15) is 0 Å². The van der Waals surface area contributed by atoms with E-state index in [9.17, 15) is 9.59 Å². The van der Waals surface area contributed by atoms with Gasteiger partial charge in [-0.1, -0.05) is 121 Å². The molecule has 6 nitrogen and oxygen atoms in total. The topological polar surface area (TPSA) is 71.1 Å². The van der Waals surface area contributed by atoms with Gasteiger partial charge in [0.15, 0.2) is 0 Å². The number of ether oxygens (including phenoxy) is 4. The molecule has 6 heteroatoms. The van der Waals surface area contributed by atoms with Gasteiger partial charge in [-0.25, -0.2) is 9.59 Å². The third-order valence-corrected chi connectivity index (χ3v) is 9.92. The van der Waals surface area contributed by atoms with Crippen LogP contribution in [-0.2, 0) is 0 Å². The zero-order valence-electron chi connectivity index (χ0n) is 31.9. The molecule has 0 aliphatic carbocycles. The Morgan fingerprint density at radius 3 is 1.12 bits per heavy atom. The zero-order valence-corrected chi connectivity index (χ0v) is 31.9. The van der Waals surface area contributed by atoms with Crippen molar-refractivity contribution in [2.24, 2.45) is 0 Å². The summed E-state index contributed by atoms with van der Waals surface area (Å²) in [4.78, 5) is 25.5. The molecule has 0 atom stereocenters. The summed E-state index contributed by atoms with van der Waals surface area (Å²) in [5, 5.41) is 4.56. The summed E-state index contributed by atoms with van der Waals surface area (Å²) in [6.07, 6.45) is 8.43. The van der Waals surface area contributed by atoms with Crippen molar-refractivity contribution in [2.45, 2.75) is 0 Å². The van der Waals surface area contributed by atoms with Gasteiger partial charge in [0, 0.05) is 0 Å². The largest absolute Gasteiger partial charge is 0.497 e. The van der Waals surface area contributed by atoms with Crippen LogP contribution in [0.4, 0.5) is 0 Å². The molecule has 0 saturated heterocycles. The molecule has 0 N–H and O–H groups in total. The number of hydrogen-bond acceptors (Lipinski definition) is 6. The molecule has 0 aliphatic heterocycles. The van der Waals surface area contributed by atoms with Crippen LogP contribution < -0.4 is 18.9 Å². The highest BCUT2D eigenvalue weighted by Gasteiger charge is 2.16. The van der Waals surface area contributed by atoms with Crippen molar-refractivity contribution in [1.29, 1.82) is 0 Å². The molecule has 0 spiro atoms. The molecule has 0 radical (unpaired) electrons. The van der Waals surface area contributed by atoms with E-state index in [1.165, 1.54) is 0 Å². The van der Waals surface area contributed by atoms with Crippen LogP contribution in [0.15, 0.2) is 170 Å². The van der Waals surface area contributed by atoms with E-state index in [-0.39, 0.29) is 0 Å². The number of benzene rings is 8. The highest BCUT2D eigenvalue weighted by molar-refractivity contribution is 6.11. The number of fused-ring (bicyclic) bond motifs is 2. The molecule has 0 amide bonds. The Balaban J connectivity index is 1.09. The molecule has 8 rings (SSSR count). The summed E-state index contributed by atoms with van der Waals surface area (Å²) in [6, 6.07) is 54.1. The fourth-order valence-electron chi connectivity index (χ4n) is 6.86. The molecule has 0 bridgehead atoms. The molecule has 58 heavy (non-hydrogen) atoms. The highest BCUT2D eigenvalue weighted by Crippen LogP contribution is 2.40. The Morgan fingerprint density at radius 1 is 0.379 bits per heavy atom. The van der Waals surface area contributed by atoms with Crippen LogP contribution in [0.1, 0.15) is 43.0 Å². The molecule has 8 aromatic rings. The normalized spacial score (nSPS) is 11.3. The number of carbonyl (C=O) groups is 2. The standard InChI is InChI=1S/C52H38O6/c1-55-43-31-23-41(24-32-43)51(53)57-45-27-13-35(14-28-45)11-17-39-21-19-37-7-3-5-9-47(37)49(39)50-40(22-20-38-8-4-6-10-48(38)50)18-12-36-15-29-46(30-16-36)58-52(54)42-25-33-44(56-2)34-26-42/h3-34H,1-2H3/b17-11-,18-12-. The van der Waals surface area contributed by atoms with E-state index < -0.39 is 11.9 Å². The lowest BCUT2D eigenvalue weighted by Crippen LogP contribution is -2.08. The minimum absolute atomic E-state index is 0.435. The first-order valence-electron chi connectivity index (χ1n) is 18.8. The molecule has 0 fully saturated rings. The molecule has 282 valence electrons. The first-order valence-corrected chi connectivity index (χ1v) is 18.8. The summed E-state index contributed by atoms with van der Waals surface area (Å²) in [5.74, 6) is 1.39. The average molecular weight is 759 g/mol. The maximum absolute atomic E-state index is 12.7. The highest BCUT2D eigenvalue weighted by atomic mass is 16.5. The summed E-state index contributed by atoms with van der Waals surface area (Å²) < 4.78 is 21.7. The number of methoxy groups -OCH3 is 2. The summed E-state index contributed by atoms with van der Waals surface area (Å²) in [6.45, 7) is 0. The van der Waals surface area contributed by atoms with Gasteiger partial charge in [-0.05, 0) is 128 Å². The van der Waals surface area contributed by atoms with Crippen molar-refractivity contribution >= 4 is 57.8 Å². The van der Waals surface area contributed by atoms with Gasteiger partial charge in [0.05, 0.1) is 25.3 Å². The van der Waals surface area contributed by atoms with Crippen LogP contribution in [0, 0.1) is 0 Å². The Hall–Kier alpha value is -7.70. The number of carbonyl (C=O) groups excluding carboxylic acids is 2. The third-order valence-electron chi connectivity index (χ3n) is 9.92. The number of hydrogen-bond donors (Lipinski definition) is 0. The van der Waals surface area contributed by atoms with Gasteiger partial charge in [0.25, 0.3) is 0 Å². The van der Waals surface area contributed by atoms with Crippen molar-refractivity contribution in [2.75, 3.05) is 14.2 Å². The second-order valence-electron chi connectivity index (χ2n) is 13.5. The summed E-state index contributed by atoms with van der Waals surface area (Å²) in [7, 11) is 3.17. The summed E-state index contributed by atoms with van der Waals surface area (Å²) >= 11 is 0. The molecule has 0 heterocycles. The van der Waals surface area contributed by atoms with E-state index in [4.69, 9.17) is 18.9 Å². The lowest BCUT2D eigenvalue weighted by atomic mass is 9.86. The molecular formula is C52H38O6. The van der Waals surface area contributed by atoms with Crippen LogP contribution in [0.3, 0.4) is 0 Å². The third kappa shape index (κ3) is 8.27. The first kappa shape index (κ1) is 37.2. The first-order chi connectivity index (χ1) is 28.4. The van der Waals surface area contributed by atoms with Crippen molar-refractivity contribution in [3.63, 3.8) is 0 Å². The zero-order chi connectivity index (χ0) is 39.8. The van der Waals surface area contributed by atoms with Crippen LogP contribution in [0.25, 0.3) is 57.0 Å². The van der Waals surface area contributed by atoms with Crippen LogP contribution in [0.2, 0.25) is 0 Å². The SMILES string of the molecule is COc1ccc(C(=O)Oc2ccc(/C=C\c3ccc4ccccc4c3-c3c(/C=C\c4ccc(OC(=O)c5ccc(OC)cc5)cc4)ccc4ccccc34)cc2)cc1. The smallest absolute Gasteiger partial charge is 0.343 e. The van der Waals surface area contributed by atoms with E-state index >= 15 is 0 Å². The van der Waals surface area contributed by atoms with Crippen molar-refractivity contribution < 1.29 is 28.5 Å². The predicted molar refractivity (Wildman–Crippen MR) is 234 cm³/mol. The molecular weight excluding hydrogens is 721 g/mol. The lowest BCUT2D eigenvalue weighted by Gasteiger charge is -2.17. The van der Waals surface area contributed by atoms with Crippen molar-refractivity contribution in [1.82, 2.24) is 0 Å². The van der Waals surface area contributed by atoms with Gasteiger partial charge in [-0.3, -0.25) is 0 Å². The van der Waals surface area contributed by atoms with Crippen LogP contribution in [-0.4, -0.2) is 26.2 Å². The van der Waals surface area contributed by atoms with Gasteiger partial charge in [0.2, 0.25) is 0 Å². The molecule has 0 aromatic heterocycles.